The lowest BCUT2D eigenvalue weighted by molar-refractivity contribution is -0.192. The topological polar surface area (TPSA) is 72.9 Å². The van der Waals surface area contributed by atoms with Gasteiger partial charge in [0.25, 0.3) is 5.91 Å². The van der Waals surface area contributed by atoms with Crippen molar-refractivity contribution in [3.8, 4) is 11.1 Å². The van der Waals surface area contributed by atoms with Gasteiger partial charge in [-0.05, 0) is 72.0 Å². The van der Waals surface area contributed by atoms with E-state index in [4.69, 9.17) is 9.90 Å². The van der Waals surface area contributed by atoms with E-state index in [-0.39, 0.29) is 5.91 Å². The van der Waals surface area contributed by atoms with E-state index in [2.05, 4.69) is 65.5 Å². The van der Waals surface area contributed by atoms with Crippen LogP contribution in [0.4, 0.5) is 18.9 Å². The number of hydrogen-bond donors (Lipinski definition) is 2. The van der Waals surface area contributed by atoms with Crippen LogP contribution < -0.4 is 10.2 Å². The number of anilines is 1. The van der Waals surface area contributed by atoms with Gasteiger partial charge >= 0.3 is 12.1 Å². The minimum absolute atomic E-state index is 0.0549. The van der Waals surface area contributed by atoms with E-state index in [9.17, 15) is 18.0 Å². The van der Waals surface area contributed by atoms with Crippen LogP contribution in [0, 0.1) is 11.3 Å². The van der Waals surface area contributed by atoms with Crippen LogP contribution in [0.1, 0.15) is 43.3 Å². The van der Waals surface area contributed by atoms with Crippen molar-refractivity contribution in [1.29, 1.82) is 0 Å². The van der Waals surface area contributed by atoms with Gasteiger partial charge in [-0.3, -0.25) is 4.79 Å². The molecule has 36 heavy (non-hydrogen) atoms. The molecule has 1 atom stereocenters. The first-order valence-electron chi connectivity index (χ1n) is 11.8. The zero-order chi connectivity index (χ0) is 27.1. The summed E-state index contributed by atoms with van der Waals surface area (Å²) in [5.41, 5.74) is 3.82. The Kier molecular flexibility index (Phi) is 10.4. The van der Waals surface area contributed by atoms with Gasteiger partial charge in [-0.15, -0.1) is 11.3 Å². The number of rotatable bonds is 7. The zero-order valence-corrected chi connectivity index (χ0v) is 22.3. The van der Waals surface area contributed by atoms with Crippen molar-refractivity contribution in [3.05, 3.63) is 40.6 Å². The minimum atomic E-state index is -5.08. The third-order valence-electron chi connectivity index (χ3n) is 5.88. The first-order chi connectivity index (χ1) is 16.7. The third-order valence-corrected chi connectivity index (χ3v) is 6.81. The zero-order valence-electron chi connectivity index (χ0n) is 21.5. The molecule has 1 aromatic carbocycles. The maximum absolute atomic E-state index is 12.6. The summed E-state index contributed by atoms with van der Waals surface area (Å²) in [5, 5.41) is 12.4. The van der Waals surface area contributed by atoms with Gasteiger partial charge < -0.3 is 20.2 Å². The van der Waals surface area contributed by atoms with Crippen LogP contribution in [-0.2, 0) is 4.79 Å². The van der Waals surface area contributed by atoms with E-state index in [1.165, 1.54) is 29.9 Å². The molecule has 0 aliphatic carbocycles. The molecule has 0 radical (unpaired) electrons. The van der Waals surface area contributed by atoms with Crippen LogP contribution in [0.2, 0.25) is 0 Å². The van der Waals surface area contributed by atoms with Crippen molar-refractivity contribution in [3.63, 3.8) is 0 Å². The minimum Gasteiger partial charge on any atom is -0.475 e. The number of hydrogen-bond acceptors (Lipinski definition) is 5. The predicted octanol–water partition coefficient (Wildman–Crippen LogP) is 5.60. The van der Waals surface area contributed by atoms with Crippen LogP contribution in [-0.4, -0.2) is 68.3 Å². The number of nitrogens with one attached hydrogen (secondary N) is 1. The van der Waals surface area contributed by atoms with Crippen molar-refractivity contribution >= 4 is 28.9 Å². The number of nitrogens with zero attached hydrogens (tertiary/aromatic N) is 2. The Bertz CT molecular complexity index is 998. The number of carboxylic acid groups (broad SMARTS) is 1. The summed E-state index contributed by atoms with van der Waals surface area (Å²) >= 11 is 1.52. The molecule has 3 rings (SSSR count). The largest absolute Gasteiger partial charge is 0.490 e. The average Bonchev–Trinajstić information content (AvgIpc) is 3.45. The van der Waals surface area contributed by atoms with Crippen LogP contribution in [0.5, 0.6) is 0 Å². The van der Waals surface area contributed by atoms with Gasteiger partial charge in [0.05, 0.1) is 4.88 Å². The molecule has 1 aromatic heterocycles. The summed E-state index contributed by atoms with van der Waals surface area (Å²) < 4.78 is 31.7. The molecule has 1 amide bonds. The highest BCUT2D eigenvalue weighted by molar-refractivity contribution is 7.12. The lowest BCUT2D eigenvalue weighted by Crippen LogP contribution is -2.31. The predicted molar refractivity (Wildman–Crippen MR) is 139 cm³/mol. The number of amides is 1. The lowest BCUT2D eigenvalue weighted by atomic mass is 9.92. The number of carbonyl (C=O) groups is 2. The first kappa shape index (κ1) is 29.6. The van der Waals surface area contributed by atoms with Crippen LogP contribution >= 0.6 is 11.3 Å². The molecule has 0 saturated carbocycles. The summed E-state index contributed by atoms with van der Waals surface area (Å²) in [6.07, 6.45) is -2.68. The Labute approximate surface area is 215 Å². The SMILES string of the molecule is CN(C)c1ccc(-c2csc(C(=O)NCC3CCN(CCC(C)(C)C)C3)c2)cc1.O=C(O)C(F)(F)F. The second-order valence-electron chi connectivity index (χ2n) is 10.4. The van der Waals surface area contributed by atoms with E-state index >= 15 is 0 Å². The highest BCUT2D eigenvalue weighted by atomic mass is 32.1. The number of carbonyl (C=O) groups excluding carboxylic acids is 1. The standard InChI is InChI=1S/C24H35N3OS.C2HF3O2/c1-24(2,3)11-13-27-12-10-18(16-27)15-25-23(28)22-14-20(17-29-22)19-6-8-21(9-7-19)26(4)5;3-2(4,5)1(6)7/h6-9,14,17-18H,10-13,15-16H2,1-5H3,(H,25,28);(H,6,7). The number of likely N-dealkylation sites (tertiary alicyclic amines) is 1. The number of thiophene rings is 1. The molecule has 1 saturated heterocycles. The Hall–Kier alpha value is -2.59. The van der Waals surface area contributed by atoms with E-state index in [1.54, 1.807) is 0 Å². The summed E-state index contributed by atoms with van der Waals surface area (Å²) in [4.78, 5) is 26.9. The molecule has 1 aliphatic heterocycles. The maximum Gasteiger partial charge on any atom is 0.490 e. The smallest absolute Gasteiger partial charge is 0.475 e. The normalized spacial score (nSPS) is 16.3. The van der Waals surface area contributed by atoms with Crippen molar-refractivity contribution in [2.45, 2.75) is 39.8 Å². The molecule has 1 unspecified atom stereocenters. The summed E-state index contributed by atoms with van der Waals surface area (Å²) in [5.74, 6) is -2.14. The Balaban J connectivity index is 0.000000572. The van der Waals surface area contributed by atoms with Gasteiger partial charge in [0.1, 0.15) is 0 Å². The summed E-state index contributed by atoms with van der Waals surface area (Å²) in [6, 6.07) is 10.5. The highest BCUT2D eigenvalue weighted by Gasteiger charge is 2.38. The summed E-state index contributed by atoms with van der Waals surface area (Å²) in [7, 11) is 4.08. The molecular formula is C26H36F3N3O3S. The number of benzene rings is 1. The van der Waals surface area contributed by atoms with Gasteiger partial charge in [0.2, 0.25) is 0 Å². The second kappa shape index (κ2) is 12.6. The van der Waals surface area contributed by atoms with Crippen molar-refractivity contribution in [2.75, 3.05) is 45.2 Å². The fraction of sp³-hybridized carbons (Fsp3) is 0.538. The molecule has 2 heterocycles. The Morgan fingerprint density at radius 2 is 1.75 bits per heavy atom. The van der Waals surface area contributed by atoms with Crippen molar-refractivity contribution < 1.29 is 27.9 Å². The molecule has 6 nitrogen and oxygen atoms in total. The molecule has 0 spiro atoms. The van der Waals surface area contributed by atoms with Crippen molar-refractivity contribution in [1.82, 2.24) is 10.2 Å². The fourth-order valence-corrected chi connectivity index (χ4v) is 4.49. The average molecular weight is 528 g/mol. The van der Waals surface area contributed by atoms with Crippen molar-refractivity contribution in [2.24, 2.45) is 11.3 Å². The second-order valence-corrected chi connectivity index (χ2v) is 11.3. The molecule has 2 aromatic rings. The molecule has 0 bridgehead atoms. The Morgan fingerprint density at radius 3 is 2.28 bits per heavy atom. The van der Waals surface area contributed by atoms with E-state index in [0.29, 0.717) is 11.3 Å². The highest BCUT2D eigenvalue weighted by Crippen LogP contribution is 2.28. The molecule has 10 heteroatoms. The lowest BCUT2D eigenvalue weighted by Gasteiger charge is -2.23. The first-order valence-corrected chi connectivity index (χ1v) is 12.7. The molecule has 200 valence electrons. The van der Waals surface area contributed by atoms with Gasteiger partial charge in [-0.25, -0.2) is 4.79 Å². The fourth-order valence-electron chi connectivity index (χ4n) is 3.66. The number of alkyl halides is 3. The van der Waals surface area contributed by atoms with Gasteiger partial charge in [-0.1, -0.05) is 32.9 Å². The van der Waals surface area contributed by atoms with E-state index in [1.807, 2.05) is 20.2 Å². The molecule has 1 fully saturated rings. The number of aliphatic carboxylic acids is 1. The summed E-state index contributed by atoms with van der Waals surface area (Å²) in [6.45, 7) is 11.1. The number of halogens is 3. The third kappa shape index (κ3) is 9.81. The molecular weight excluding hydrogens is 491 g/mol. The molecule has 1 aliphatic rings. The van der Waals surface area contributed by atoms with Crippen LogP contribution in [0.3, 0.4) is 0 Å². The van der Waals surface area contributed by atoms with Crippen LogP contribution in [0.15, 0.2) is 35.7 Å². The van der Waals surface area contributed by atoms with Gasteiger partial charge in [0.15, 0.2) is 0 Å². The van der Waals surface area contributed by atoms with Gasteiger partial charge in [0, 0.05) is 32.9 Å². The maximum atomic E-state index is 12.6. The van der Waals surface area contributed by atoms with E-state index < -0.39 is 12.1 Å². The van der Waals surface area contributed by atoms with E-state index in [0.717, 1.165) is 42.2 Å². The van der Waals surface area contributed by atoms with Gasteiger partial charge in [-0.2, -0.15) is 13.2 Å². The molecule has 2 N–H and O–H groups in total. The quantitative estimate of drug-likeness (QED) is 0.490. The monoisotopic (exact) mass is 527 g/mol. The Morgan fingerprint density at radius 1 is 1.14 bits per heavy atom. The number of carboxylic acids is 1. The van der Waals surface area contributed by atoms with Crippen LogP contribution in [0.25, 0.3) is 11.1 Å².